The Labute approximate surface area is 111 Å². The number of ether oxygens (including phenoxy) is 1. The van der Waals surface area contributed by atoms with Gasteiger partial charge in [0.1, 0.15) is 5.75 Å². The minimum Gasteiger partial charge on any atom is -0.494 e. The van der Waals surface area contributed by atoms with Crippen molar-refractivity contribution in [3.05, 3.63) is 29.3 Å². The van der Waals surface area contributed by atoms with Crippen LogP contribution in [0.4, 0.5) is 0 Å². The number of nitrogens with one attached hydrogen (secondary N) is 1. The Kier molecular flexibility index (Phi) is 4.65. The van der Waals surface area contributed by atoms with E-state index in [2.05, 4.69) is 37.5 Å². The second kappa shape index (κ2) is 6.24. The van der Waals surface area contributed by atoms with E-state index in [9.17, 15) is 0 Å². The molecule has 0 radical (unpaired) electrons. The van der Waals surface area contributed by atoms with E-state index in [0.29, 0.717) is 0 Å². The average Bonchev–Trinajstić information content (AvgIpc) is 2.41. The van der Waals surface area contributed by atoms with Gasteiger partial charge in [-0.2, -0.15) is 0 Å². The lowest BCUT2D eigenvalue weighted by Crippen LogP contribution is -2.29. The lowest BCUT2D eigenvalue weighted by Gasteiger charge is -2.28. The number of benzene rings is 1. The van der Waals surface area contributed by atoms with E-state index < -0.39 is 0 Å². The van der Waals surface area contributed by atoms with Crippen molar-refractivity contribution in [3.8, 4) is 5.75 Å². The first kappa shape index (κ1) is 13.4. The first-order valence-electron chi connectivity index (χ1n) is 7.15. The van der Waals surface area contributed by atoms with Gasteiger partial charge in [0.25, 0.3) is 0 Å². The Bertz CT molecular complexity index is 381. The molecule has 0 aromatic heterocycles. The van der Waals surface area contributed by atoms with E-state index in [4.69, 9.17) is 4.74 Å². The fraction of sp³-hybridized carbons (Fsp3) is 0.625. The first-order chi connectivity index (χ1) is 8.74. The maximum Gasteiger partial charge on any atom is 0.122 e. The molecule has 0 bridgehead atoms. The van der Waals surface area contributed by atoms with E-state index >= 15 is 0 Å². The summed E-state index contributed by atoms with van der Waals surface area (Å²) in [7, 11) is 2.08. The molecule has 1 aromatic rings. The summed E-state index contributed by atoms with van der Waals surface area (Å²) in [6, 6.07) is 7.43. The molecule has 2 heteroatoms. The molecule has 0 saturated heterocycles. The van der Waals surface area contributed by atoms with Crippen LogP contribution in [0.25, 0.3) is 0 Å². The molecule has 1 aromatic carbocycles. The van der Waals surface area contributed by atoms with Crippen molar-refractivity contribution < 1.29 is 4.74 Å². The summed E-state index contributed by atoms with van der Waals surface area (Å²) in [5.41, 5.74) is 2.76. The Morgan fingerprint density at radius 3 is 2.50 bits per heavy atom. The van der Waals surface area contributed by atoms with E-state index in [0.717, 1.165) is 24.3 Å². The van der Waals surface area contributed by atoms with Crippen LogP contribution in [0.2, 0.25) is 0 Å². The Hall–Kier alpha value is -1.02. The van der Waals surface area contributed by atoms with Gasteiger partial charge in [0.2, 0.25) is 0 Å². The summed E-state index contributed by atoms with van der Waals surface area (Å²) in [5.74, 6) is 1.77. The molecule has 1 N–H and O–H groups in total. The molecular weight excluding hydrogens is 222 g/mol. The van der Waals surface area contributed by atoms with Gasteiger partial charge < -0.3 is 10.1 Å². The Morgan fingerprint density at radius 2 is 1.94 bits per heavy atom. The second-order valence-electron chi connectivity index (χ2n) is 5.30. The molecule has 2 rings (SSSR count). The van der Waals surface area contributed by atoms with E-state index in [1.54, 1.807) is 0 Å². The van der Waals surface area contributed by atoms with Crippen molar-refractivity contribution in [1.82, 2.24) is 5.32 Å². The number of hydrogen-bond acceptors (Lipinski definition) is 2. The monoisotopic (exact) mass is 247 g/mol. The third-order valence-corrected chi connectivity index (χ3v) is 4.11. The zero-order valence-corrected chi connectivity index (χ0v) is 11.8. The molecule has 1 aliphatic rings. The van der Waals surface area contributed by atoms with Gasteiger partial charge in [0, 0.05) is 6.04 Å². The minimum absolute atomic E-state index is 0.727. The van der Waals surface area contributed by atoms with Crippen LogP contribution >= 0.6 is 0 Å². The van der Waals surface area contributed by atoms with Crippen LogP contribution in [0, 0.1) is 6.92 Å². The normalized spacial score (nSPS) is 23.9. The molecule has 1 aliphatic carbocycles. The molecule has 0 aliphatic heterocycles. The summed E-state index contributed by atoms with van der Waals surface area (Å²) < 4.78 is 5.60. The van der Waals surface area contributed by atoms with Crippen LogP contribution in [0.5, 0.6) is 5.75 Å². The third-order valence-electron chi connectivity index (χ3n) is 4.11. The van der Waals surface area contributed by atoms with E-state index in [1.165, 1.54) is 36.8 Å². The van der Waals surface area contributed by atoms with Crippen LogP contribution in [-0.4, -0.2) is 19.7 Å². The first-order valence-corrected chi connectivity index (χ1v) is 7.15. The highest BCUT2D eigenvalue weighted by molar-refractivity contribution is 5.37. The fourth-order valence-corrected chi connectivity index (χ4v) is 2.96. The molecule has 0 amide bonds. The molecular formula is C16H25NO. The number of rotatable bonds is 4. The highest BCUT2D eigenvalue weighted by Gasteiger charge is 2.21. The predicted octanol–water partition coefficient (Wildman–Crippen LogP) is 3.64. The van der Waals surface area contributed by atoms with Crippen LogP contribution < -0.4 is 10.1 Å². The maximum atomic E-state index is 5.60. The number of aryl methyl sites for hydroxylation is 1. The molecule has 18 heavy (non-hydrogen) atoms. The standard InChI is InChI=1S/C16H25NO/c1-4-18-16-10-7-14(11-12(16)2)13-5-8-15(17-3)9-6-13/h7,10-11,13,15,17H,4-6,8-9H2,1-3H3. The fourth-order valence-electron chi connectivity index (χ4n) is 2.96. The molecule has 1 saturated carbocycles. The maximum absolute atomic E-state index is 5.60. The smallest absolute Gasteiger partial charge is 0.122 e. The lowest BCUT2D eigenvalue weighted by molar-refractivity contribution is 0.336. The van der Waals surface area contributed by atoms with Crippen molar-refractivity contribution in [3.63, 3.8) is 0 Å². The molecule has 0 atom stereocenters. The summed E-state index contributed by atoms with van der Waals surface area (Å²) in [5, 5.41) is 3.39. The van der Waals surface area contributed by atoms with Crippen LogP contribution in [0.3, 0.4) is 0 Å². The average molecular weight is 247 g/mol. The molecule has 100 valence electrons. The van der Waals surface area contributed by atoms with Crippen molar-refractivity contribution in [2.24, 2.45) is 0 Å². The zero-order chi connectivity index (χ0) is 13.0. The van der Waals surface area contributed by atoms with Gasteiger partial charge in [-0.1, -0.05) is 12.1 Å². The van der Waals surface area contributed by atoms with E-state index in [-0.39, 0.29) is 0 Å². The quantitative estimate of drug-likeness (QED) is 0.877. The summed E-state index contributed by atoms with van der Waals surface area (Å²) in [4.78, 5) is 0. The minimum atomic E-state index is 0.727. The number of hydrogen-bond donors (Lipinski definition) is 1. The summed E-state index contributed by atoms with van der Waals surface area (Å²) in [6.07, 6.45) is 5.21. The second-order valence-corrected chi connectivity index (χ2v) is 5.30. The molecule has 0 unspecified atom stereocenters. The zero-order valence-electron chi connectivity index (χ0n) is 11.8. The van der Waals surface area contributed by atoms with Crippen molar-refractivity contribution in [1.29, 1.82) is 0 Å². The largest absolute Gasteiger partial charge is 0.494 e. The van der Waals surface area contributed by atoms with E-state index in [1.807, 2.05) is 6.92 Å². The summed E-state index contributed by atoms with van der Waals surface area (Å²) >= 11 is 0. The topological polar surface area (TPSA) is 21.3 Å². The molecule has 0 spiro atoms. The third kappa shape index (κ3) is 3.05. The van der Waals surface area contributed by atoms with Gasteiger partial charge in [-0.25, -0.2) is 0 Å². The van der Waals surface area contributed by atoms with Gasteiger partial charge in [0.15, 0.2) is 0 Å². The van der Waals surface area contributed by atoms with Gasteiger partial charge in [0.05, 0.1) is 6.61 Å². The van der Waals surface area contributed by atoms with Gasteiger partial charge >= 0.3 is 0 Å². The van der Waals surface area contributed by atoms with Gasteiger partial charge in [-0.3, -0.25) is 0 Å². The van der Waals surface area contributed by atoms with Gasteiger partial charge in [-0.05, 0) is 69.7 Å². The SMILES string of the molecule is CCOc1ccc(C2CCC(NC)CC2)cc1C. The Morgan fingerprint density at radius 1 is 1.22 bits per heavy atom. The highest BCUT2D eigenvalue weighted by Crippen LogP contribution is 2.34. The van der Waals surface area contributed by atoms with Crippen LogP contribution in [-0.2, 0) is 0 Å². The van der Waals surface area contributed by atoms with Crippen molar-refractivity contribution in [2.45, 2.75) is 51.5 Å². The lowest BCUT2D eigenvalue weighted by atomic mass is 9.81. The predicted molar refractivity (Wildman–Crippen MR) is 76.4 cm³/mol. The molecule has 2 nitrogen and oxygen atoms in total. The summed E-state index contributed by atoms with van der Waals surface area (Å²) in [6.45, 7) is 4.92. The van der Waals surface area contributed by atoms with Crippen molar-refractivity contribution >= 4 is 0 Å². The highest BCUT2D eigenvalue weighted by atomic mass is 16.5. The van der Waals surface area contributed by atoms with Crippen LogP contribution in [0.1, 0.15) is 49.7 Å². The Balaban J connectivity index is 2.03. The van der Waals surface area contributed by atoms with Crippen molar-refractivity contribution in [2.75, 3.05) is 13.7 Å². The van der Waals surface area contributed by atoms with Gasteiger partial charge in [-0.15, -0.1) is 0 Å². The van der Waals surface area contributed by atoms with Crippen LogP contribution in [0.15, 0.2) is 18.2 Å². The molecule has 1 fully saturated rings. The molecule has 0 heterocycles.